The standard InChI is InChI=1S/C16H35N3.C2H6O4S/c1-5-7-8-9-10-16(3,4)15-18(6-2)13-14-19(15)12-11-17;1-2-6-7(3,4)5/h15H,5-14,17H2,1-4H3;2H2,1H3,(H,3,4,5). The lowest BCUT2D eigenvalue weighted by Crippen LogP contribution is -3.16. The highest BCUT2D eigenvalue weighted by molar-refractivity contribution is 7.80. The Balaban J connectivity index is 0.000000758. The molecule has 1 saturated heterocycles. The van der Waals surface area contributed by atoms with E-state index in [1.807, 2.05) is 0 Å². The minimum Gasteiger partial charge on any atom is -0.726 e. The van der Waals surface area contributed by atoms with Crippen LogP contribution in [0.15, 0.2) is 0 Å². The van der Waals surface area contributed by atoms with Crippen LogP contribution >= 0.6 is 0 Å². The molecule has 0 aromatic rings. The average molecular weight is 396 g/mol. The van der Waals surface area contributed by atoms with Gasteiger partial charge in [-0.15, -0.1) is 0 Å². The predicted molar refractivity (Wildman–Crippen MR) is 105 cm³/mol. The maximum absolute atomic E-state index is 9.45. The summed E-state index contributed by atoms with van der Waals surface area (Å²) in [7, 11) is -4.42. The van der Waals surface area contributed by atoms with E-state index in [9.17, 15) is 13.0 Å². The number of likely N-dealkylation sites (N-methyl/N-ethyl adjacent to an activating group) is 1. The zero-order valence-electron chi connectivity index (χ0n) is 17.4. The van der Waals surface area contributed by atoms with Crippen LogP contribution in [-0.2, 0) is 14.6 Å². The van der Waals surface area contributed by atoms with Gasteiger partial charge >= 0.3 is 0 Å². The van der Waals surface area contributed by atoms with E-state index in [4.69, 9.17) is 5.73 Å². The van der Waals surface area contributed by atoms with Gasteiger partial charge in [-0.3, -0.25) is 4.18 Å². The van der Waals surface area contributed by atoms with Gasteiger partial charge in [-0.1, -0.05) is 53.4 Å². The van der Waals surface area contributed by atoms with E-state index >= 15 is 0 Å². The summed E-state index contributed by atoms with van der Waals surface area (Å²) < 4.78 is 32.0. The summed E-state index contributed by atoms with van der Waals surface area (Å²) in [6.45, 7) is 16.5. The number of hydrogen-bond acceptors (Lipinski definition) is 6. The smallest absolute Gasteiger partial charge is 0.217 e. The van der Waals surface area contributed by atoms with Crippen LogP contribution in [0.25, 0.3) is 0 Å². The van der Waals surface area contributed by atoms with Crippen molar-refractivity contribution in [2.24, 2.45) is 11.1 Å². The molecule has 0 saturated carbocycles. The molecule has 1 fully saturated rings. The molecule has 8 heteroatoms. The Kier molecular flexibility index (Phi) is 12.9. The van der Waals surface area contributed by atoms with Gasteiger partial charge in [0.25, 0.3) is 0 Å². The molecule has 0 radical (unpaired) electrons. The zero-order valence-corrected chi connectivity index (χ0v) is 18.2. The van der Waals surface area contributed by atoms with Crippen LogP contribution in [-0.4, -0.2) is 63.4 Å². The van der Waals surface area contributed by atoms with Crippen molar-refractivity contribution in [2.75, 3.05) is 39.3 Å². The van der Waals surface area contributed by atoms with Gasteiger partial charge in [0.2, 0.25) is 10.4 Å². The number of quaternary nitrogens is 1. The van der Waals surface area contributed by atoms with Crippen molar-refractivity contribution < 1.29 is 22.1 Å². The lowest BCUT2D eigenvalue weighted by molar-refractivity contribution is -0.924. The fourth-order valence-electron chi connectivity index (χ4n) is 3.93. The maximum Gasteiger partial charge on any atom is 0.217 e. The normalized spacial score (nSPS) is 21.5. The zero-order chi connectivity index (χ0) is 20.2. The summed E-state index contributed by atoms with van der Waals surface area (Å²) in [6.07, 6.45) is 7.51. The minimum atomic E-state index is -4.42. The van der Waals surface area contributed by atoms with Gasteiger partial charge < -0.3 is 15.2 Å². The van der Waals surface area contributed by atoms with Crippen LogP contribution in [0.2, 0.25) is 0 Å². The average Bonchev–Trinajstić information content (AvgIpc) is 2.95. The molecule has 0 amide bonds. The highest BCUT2D eigenvalue weighted by Crippen LogP contribution is 2.29. The molecule has 7 nitrogen and oxygen atoms in total. The first-order valence-corrected chi connectivity index (χ1v) is 11.3. The number of nitrogens with two attached hydrogens (primary N) is 1. The molecule has 2 unspecified atom stereocenters. The maximum atomic E-state index is 9.45. The first-order chi connectivity index (χ1) is 12.1. The van der Waals surface area contributed by atoms with Crippen LogP contribution in [0.3, 0.4) is 0 Å². The van der Waals surface area contributed by atoms with Crippen molar-refractivity contribution in [3.63, 3.8) is 0 Å². The fourth-order valence-corrected chi connectivity index (χ4v) is 4.22. The van der Waals surface area contributed by atoms with Crippen LogP contribution in [0.5, 0.6) is 0 Å². The first-order valence-electron chi connectivity index (χ1n) is 10.0. The number of hydrogen-bond donors (Lipinski definition) is 2. The highest BCUT2D eigenvalue weighted by Gasteiger charge is 2.44. The molecule has 0 aromatic heterocycles. The summed E-state index contributed by atoms with van der Waals surface area (Å²) in [6, 6.07) is 0. The van der Waals surface area contributed by atoms with Crippen molar-refractivity contribution in [3.05, 3.63) is 0 Å². The molecule has 1 heterocycles. The molecule has 0 aromatic carbocycles. The van der Waals surface area contributed by atoms with Crippen molar-refractivity contribution in [1.29, 1.82) is 0 Å². The lowest BCUT2D eigenvalue weighted by atomic mass is 9.82. The summed E-state index contributed by atoms with van der Waals surface area (Å²) in [5.41, 5.74) is 6.21. The Morgan fingerprint density at radius 2 is 1.88 bits per heavy atom. The molecule has 1 aliphatic heterocycles. The number of nitrogens with zero attached hydrogens (tertiary/aromatic N) is 1. The highest BCUT2D eigenvalue weighted by atomic mass is 32.3. The second kappa shape index (κ2) is 13.0. The van der Waals surface area contributed by atoms with E-state index in [1.165, 1.54) is 58.7 Å². The van der Waals surface area contributed by atoms with E-state index < -0.39 is 10.4 Å². The topological polar surface area (TPSA) is 100 Å². The molecule has 0 aliphatic carbocycles. The molecule has 2 atom stereocenters. The van der Waals surface area contributed by atoms with Crippen LogP contribution < -0.4 is 10.6 Å². The Hall–Kier alpha value is -0.250. The molecule has 3 N–H and O–H groups in total. The largest absolute Gasteiger partial charge is 0.726 e. The van der Waals surface area contributed by atoms with Gasteiger partial charge in [-0.25, -0.2) is 13.3 Å². The fraction of sp³-hybridized carbons (Fsp3) is 1.00. The minimum absolute atomic E-state index is 0.0914. The SMILES string of the molecule is CCCCCCC(C)(C)C1N(CC)CC[NH+]1CCN.CCOS(=O)(=O)[O-]. The molecule has 158 valence electrons. The molecule has 1 aliphatic rings. The first kappa shape index (κ1) is 25.8. The predicted octanol–water partition coefficient (Wildman–Crippen LogP) is 0.971. The van der Waals surface area contributed by atoms with E-state index in [2.05, 4.69) is 36.8 Å². The van der Waals surface area contributed by atoms with Crippen molar-refractivity contribution >= 4 is 10.4 Å². The Morgan fingerprint density at radius 3 is 2.31 bits per heavy atom. The number of unbranched alkanes of at least 4 members (excludes halogenated alkanes) is 3. The second-order valence-electron chi connectivity index (χ2n) is 7.59. The number of nitrogens with one attached hydrogen (secondary N) is 1. The monoisotopic (exact) mass is 395 g/mol. The van der Waals surface area contributed by atoms with E-state index in [1.54, 1.807) is 4.90 Å². The van der Waals surface area contributed by atoms with E-state index in [-0.39, 0.29) is 6.61 Å². The molecule has 0 bridgehead atoms. The van der Waals surface area contributed by atoms with Gasteiger partial charge in [0.05, 0.1) is 26.2 Å². The van der Waals surface area contributed by atoms with Crippen molar-refractivity contribution in [3.8, 4) is 0 Å². The third-order valence-corrected chi connectivity index (χ3v) is 5.55. The Bertz CT molecular complexity index is 457. The summed E-state index contributed by atoms with van der Waals surface area (Å²) in [5, 5.41) is 0. The van der Waals surface area contributed by atoms with Crippen LogP contribution in [0.4, 0.5) is 0 Å². The van der Waals surface area contributed by atoms with E-state index in [0.29, 0.717) is 11.6 Å². The summed E-state index contributed by atoms with van der Waals surface area (Å²) in [5.74, 6) is 0. The third-order valence-electron chi connectivity index (χ3n) is 5.02. The van der Waals surface area contributed by atoms with Gasteiger partial charge in [0, 0.05) is 18.5 Å². The molecule has 26 heavy (non-hydrogen) atoms. The molecular formula is C18H41N3O4S. The lowest BCUT2D eigenvalue weighted by Gasteiger charge is -2.38. The van der Waals surface area contributed by atoms with Gasteiger partial charge in [0.1, 0.15) is 6.17 Å². The second-order valence-corrected chi connectivity index (χ2v) is 8.64. The Labute approximate surface area is 161 Å². The van der Waals surface area contributed by atoms with Gasteiger partial charge in [-0.2, -0.15) is 0 Å². The molecule has 1 rings (SSSR count). The van der Waals surface area contributed by atoms with Crippen LogP contribution in [0.1, 0.15) is 66.7 Å². The quantitative estimate of drug-likeness (QED) is 0.307. The molecule has 0 spiro atoms. The summed E-state index contributed by atoms with van der Waals surface area (Å²) >= 11 is 0. The van der Waals surface area contributed by atoms with Crippen LogP contribution in [0, 0.1) is 5.41 Å². The summed E-state index contributed by atoms with van der Waals surface area (Å²) in [4.78, 5) is 4.38. The molecular weight excluding hydrogens is 354 g/mol. The van der Waals surface area contributed by atoms with E-state index in [0.717, 1.165) is 13.1 Å². The van der Waals surface area contributed by atoms with Crippen molar-refractivity contribution in [1.82, 2.24) is 4.90 Å². The third kappa shape index (κ3) is 10.2. The van der Waals surface area contributed by atoms with Crippen molar-refractivity contribution in [2.45, 2.75) is 72.9 Å². The Morgan fingerprint density at radius 1 is 1.23 bits per heavy atom. The van der Waals surface area contributed by atoms with Gasteiger partial charge in [0.15, 0.2) is 0 Å². The number of rotatable bonds is 11. The van der Waals surface area contributed by atoms with Gasteiger partial charge in [-0.05, 0) is 13.3 Å².